The number of aromatic nitrogens is 1. The highest BCUT2D eigenvalue weighted by molar-refractivity contribution is 7.13. The van der Waals surface area contributed by atoms with Crippen LogP contribution in [0.1, 0.15) is 26.2 Å². The number of hydrogen-bond acceptors (Lipinski definition) is 5. The maximum Gasteiger partial charge on any atom is 0.227 e. The van der Waals surface area contributed by atoms with Gasteiger partial charge in [-0.05, 0) is 12.8 Å². The summed E-state index contributed by atoms with van der Waals surface area (Å²) < 4.78 is 0. The van der Waals surface area contributed by atoms with Crippen molar-refractivity contribution >= 4 is 28.3 Å². The number of amides is 2. The molecule has 0 saturated carbocycles. The van der Waals surface area contributed by atoms with Crippen LogP contribution in [0, 0.1) is 5.92 Å². The molecule has 7 heteroatoms. The minimum Gasteiger partial charge on any atom is -0.345 e. The Kier molecular flexibility index (Phi) is 5.15. The van der Waals surface area contributed by atoms with Crippen molar-refractivity contribution in [1.82, 2.24) is 14.8 Å². The molecule has 2 fully saturated rings. The number of carbonyl (C=O) groups is 2. The van der Waals surface area contributed by atoms with E-state index in [-0.39, 0.29) is 17.7 Å². The summed E-state index contributed by atoms with van der Waals surface area (Å²) in [6.45, 7) is 6.44. The van der Waals surface area contributed by atoms with Crippen LogP contribution in [-0.2, 0) is 9.59 Å². The molecule has 0 unspecified atom stereocenters. The zero-order valence-corrected chi connectivity index (χ0v) is 14.4. The van der Waals surface area contributed by atoms with Crippen molar-refractivity contribution < 1.29 is 9.59 Å². The molecule has 23 heavy (non-hydrogen) atoms. The van der Waals surface area contributed by atoms with Gasteiger partial charge in [-0.25, -0.2) is 4.98 Å². The molecule has 0 spiro atoms. The van der Waals surface area contributed by atoms with Gasteiger partial charge in [0.05, 0.1) is 5.92 Å². The van der Waals surface area contributed by atoms with Crippen molar-refractivity contribution in [1.29, 1.82) is 0 Å². The third-order valence-corrected chi connectivity index (χ3v) is 5.54. The van der Waals surface area contributed by atoms with E-state index in [1.807, 2.05) is 28.3 Å². The first-order chi connectivity index (χ1) is 11.2. The molecule has 3 heterocycles. The van der Waals surface area contributed by atoms with Crippen molar-refractivity contribution in [3.8, 4) is 0 Å². The Morgan fingerprint density at radius 2 is 2.00 bits per heavy atom. The summed E-state index contributed by atoms with van der Waals surface area (Å²) in [4.78, 5) is 35.0. The molecule has 2 aliphatic rings. The van der Waals surface area contributed by atoms with Gasteiger partial charge in [-0.15, -0.1) is 11.3 Å². The summed E-state index contributed by atoms with van der Waals surface area (Å²) in [6, 6.07) is 0. The number of likely N-dealkylation sites (tertiary alicyclic amines) is 1. The van der Waals surface area contributed by atoms with Crippen molar-refractivity contribution in [3.05, 3.63) is 11.6 Å². The molecule has 2 saturated heterocycles. The summed E-state index contributed by atoms with van der Waals surface area (Å²) in [5.41, 5.74) is 0. The summed E-state index contributed by atoms with van der Waals surface area (Å²) in [5, 5.41) is 3.02. The van der Waals surface area contributed by atoms with Crippen molar-refractivity contribution in [3.63, 3.8) is 0 Å². The van der Waals surface area contributed by atoms with Crippen LogP contribution in [0.2, 0.25) is 0 Å². The largest absolute Gasteiger partial charge is 0.345 e. The van der Waals surface area contributed by atoms with Crippen LogP contribution in [0.25, 0.3) is 0 Å². The van der Waals surface area contributed by atoms with E-state index in [0.717, 1.165) is 50.7 Å². The van der Waals surface area contributed by atoms with Crippen LogP contribution >= 0.6 is 11.3 Å². The number of piperidine rings is 1. The fourth-order valence-electron chi connectivity index (χ4n) is 3.38. The summed E-state index contributed by atoms with van der Waals surface area (Å²) in [5.74, 6) is 0.360. The van der Waals surface area contributed by atoms with Gasteiger partial charge >= 0.3 is 0 Å². The number of piperazine rings is 1. The molecule has 1 aromatic heterocycles. The lowest BCUT2D eigenvalue weighted by Crippen LogP contribution is -2.53. The van der Waals surface area contributed by atoms with Crippen LogP contribution in [-0.4, -0.2) is 65.9 Å². The average Bonchev–Trinajstić information content (AvgIpc) is 3.15. The Balaban J connectivity index is 1.53. The first-order valence-corrected chi connectivity index (χ1v) is 9.28. The van der Waals surface area contributed by atoms with Gasteiger partial charge in [-0.2, -0.15) is 0 Å². The van der Waals surface area contributed by atoms with Crippen LogP contribution in [0.4, 0.5) is 5.13 Å². The minimum atomic E-state index is -0.0225. The molecule has 6 nitrogen and oxygen atoms in total. The van der Waals surface area contributed by atoms with Gasteiger partial charge in [0.25, 0.3) is 0 Å². The number of anilines is 1. The van der Waals surface area contributed by atoms with E-state index in [9.17, 15) is 9.59 Å². The lowest BCUT2D eigenvalue weighted by atomic mass is 9.96. The standard InChI is InChI=1S/C16H24N4O2S/c1-2-14(21)20-6-3-4-13(12-20)15(22)18-7-9-19(10-8-18)16-17-5-11-23-16/h5,11,13H,2-4,6-10,12H2,1H3/t13-/m1/s1. The van der Waals surface area contributed by atoms with Gasteiger partial charge in [0.15, 0.2) is 5.13 Å². The maximum absolute atomic E-state index is 12.8. The second-order valence-corrected chi connectivity index (χ2v) is 7.03. The third-order valence-electron chi connectivity index (χ3n) is 4.71. The highest BCUT2D eigenvalue weighted by Crippen LogP contribution is 2.22. The first-order valence-electron chi connectivity index (χ1n) is 8.40. The first kappa shape index (κ1) is 16.2. The number of rotatable bonds is 3. The van der Waals surface area contributed by atoms with Gasteiger partial charge in [-0.1, -0.05) is 6.92 Å². The van der Waals surface area contributed by atoms with E-state index in [1.165, 1.54) is 0 Å². The molecule has 0 aliphatic carbocycles. The molecule has 0 radical (unpaired) electrons. The molecular formula is C16H24N4O2S. The van der Waals surface area contributed by atoms with E-state index in [1.54, 1.807) is 11.3 Å². The molecule has 2 amide bonds. The smallest absolute Gasteiger partial charge is 0.227 e. The lowest BCUT2D eigenvalue weighted by molar-refractivity contribution is -0.141. The normalized spacial score (nSPS) is 22.3. The van der Waals surface area contributed by atoms with Gasteiger partial charge < -0.3 is 14.7 Å². The monoisotopic (exact) mass is 336 g/mol. The second-order valence-electron chi connectivity index (χ2n) is 6.16. The summed E-state index contributed by atoms with van der Waals surface area (Å²) >= 11 is 1.64. The SMILES string of the molecule is CCC(=O)N1CCC[C@@H](C(=O)N2CCN(c3nccs3)CC2)C1. The molecular weight excluding hydrogens is 312 g/mol. The van der Waals surface area contributed by atoms with Crippen LogP contribution in [0.15, 0.2) is 11.6 Å². The average molecular weight is 336 g/mol. The van der Waals surface area contributed by atoms with Crippen molar-refractivity contribution in [2.75, 3.05) is 44.2 Å². The molecule has 3 rings (SSSR count). The predicted molar refractivity (Wildman–Crippen MR) is 90.5 cm³/mol. The van der Waals surface area contributed by atoms with Gasteiger partial charge in [-0.3, -0.25) is 9.59 Å². The highest BCUT2D eigenvalue weighted by atomic mass is 32.1. The number of carbonyl (C=O) groups excluding carboxylic acids is 2. The van der Waals surface area contributed by atoms with E-state index in [0.29, 0.717) is 13.0 Å². The molecule has 2 aliphatic heterocycles. The minimum absolute atomic E-state index is 0.0225. The Morgan fingerprint density at radius 3 is 2.65 bits per heavy atom. The predicted octanol–water partition coefficient (Wildman–Crippen LogP) is 1.44. The number of nitrogens with zero attached hydrogens (tertiary/aromatic N) is 4. The summed E-state index contributed by atoms with van der Waals surface area (Å²) in [6.07, 6.45) is 4.17. The topological polar surface area (TPSA) is 56.8 Å². The Labute approximate surface area is 141 Å². The van der Waals surface area contributed by atoms with E-state index in [2.05, 4.69) is 9.88 Å². The van der Waals surface area contributed by atoms with Crippen molar-refractivity contribution in [2.45, 2.75) is 26.2 Å². The molecule has 0 N–H and O–H groups in total. The summed E-state index contributed by atoms with van der Waals surface area (Å²) in [7, 11) is 0. The van der Waals surface area contributed by atoms with Crippen LogP contribution < -0.4 is 4.90 Å². The lowest BCUT2D eigenvalue weighted by Gasteiger charge is -2.39. The molecule has 1 atom stereocenters. The zero-order chi connectivity index (χ0) is 16.2. The van der Waals surface area contributed by atoms with E-state index >= 15 is 0 Å². The third kappa shape index (κ3) is 3.65. The Bertz CT molecular complexity index is 540. The van der Waals surface area contributed by atoms with E-state index in [4.69, 9.17) is 0 Å². The number of thiazole rings is 1. The maximum atomic E-state index is 12.8. The fourth-order valence-corrected chi connectivity index (χ4v) is 4.07. The molecule has 126 valence electrons. The molecule has 0 aromatic carbocycles. The van der Waals surface area contributed by atoms with Gasteiger partial charge in [0, 0.05) is 57.3 Å². The van der Waals surface area contributed by atoms with Crippen LogP contribution in [0.3, 0.4) is 0 Å². The fraction of sp³-hybridized carbons (Fsp3) is 0.688. The van der Waals surface area contributed by atoms with Gasteiger partial charge in [0.2, 0.25) is 11.8 Å². The Morgan fingerprint density at radius 1 is 1.22 bits per heavy atom. The molecule has 1 aromatic rings. The van der Waals surface area contributed by atoms with Crippen molar-refractivity contribution in [2.24, 2.45) is 5.92 Å². The highest BCUT2D eigenvalue weighted by Gasteiger charge is 2.32. The Hall–Kier alpha value is -1.63. The second kappa shape index (κ2) is 7.29. The van der Waals surface area contributed by atoms with Crippen LogP contribution in [0.5, 0.6) is 0 Å². The van der Waals surface area contributed by atoms with E-state index < -0.39 is 0 Å². The van der Waals surface area contributed by atoms with Gasteiger partial charge in [0.1, 0.15) is 0 Å². The molecule has 0 bridgehead atoms. The quantitative estimate of drug-likeness (QED) is 0.838. The zero-order valence-electron chi connectivity index (χ0n) is 13.6. The number of hydrogen-bond donors (Lipinski definition) is 0.